The van der Waals surface area contributed by atoms with Gasteiger partial charge in [-0.25, -0.2) is 28.4 Å². The molecule has 0 radical (unpaired) electrons. The van der Waals surface area contributed by atoms with E-state index in [2.05, 4.69) is 14.8 Å². The number of methoxy groups -OCH3 is 1. The summed E-state index contributed by atoms with van der Waals surface area (Å²) in [5.74, 6) is -1.77. The molecule has 5 rings (SSSR count). The van der Waals surface area contributed by atoms with E-state index in [0.29, 0.717) is 35.6 Å². The molecule has 5 aromatic rings. The Balaban J connectivity index is 1.44. The molecule has 9 nitrogen and oxygen atoms in total. The van der Waals surface area contributed by atoms with Gasteiger partial charge in [0.2, 0.25) is 5.88 Å². The second-order valence-corrected chi connectivity index (χ2v) is 9.47. The van der Waals surface area contributed by atoms with Crippen molar-refractivity contribution in [2.75, 3.05) is 13.7 Å². The maximum absolute atomic E-state index is 15.8. The van der Waals surface area contributed by atoms with Crippen LogP contribution in [0.3, 0.4) is 0 Å². The van der Waals surface area contributed by atoms with Gasteiger partial charge < -0.3 is 19.1 Å². The van der Waals surface area contributed by atoms with Gasteiger partial charge in [-0.3, -0.25) is 0 Å². The maximum Gasteiger partial charge on any atom is 0.335 e. The molecular weight excluding hydrogens is 556 g/mol. The molecule has 0 aliphatic rings. The van der Waals surface area contributed by atoms with E-state index in [1.165, 1.54) is 30.3 Å². The van der Waals surface area contributed by atoms with Crippen molar-refractivity contribution in [2.45, 2.75) is 19.6 Å². The fourth-order valence-corrected chi connectivity index (χ4v) is 4.64. The molecule has 0 saturated heterocycles. The number of imidazole rings is 1. The summed E-state index contributed by atoms with van der Waals surface area (Å²) in [6.07, 6.45) is 0.106. The molecule has 0 amide bonds. The number of carboxylic acid groups (broad SMARTS) is 1. The van der Waals surface area contributed by atoms with Crippen LogP contribution in [0.15, 0.2) is 66.7 Å². The molecule has 0 saturated carbocycles. The normalized spacial score (nSPS) is 10.8. The van der Waals surface area contributed by atoms with E-state index in [-0.39, 0.29) is 52.5 Å². The first kappa shape index (κ1) is 28.9. The monoisotopic (exact) mass is 579 g/mol. The number of nitrogens with zero attached hydrogens (tertiary/aromatic N) is 5. The number of nitriles is 1. The van der Waals surface area contributed by atoms with Crippen molar-refractivity contribution in [3.63, 3.8) is 0 Å². The fraction of sp³-hybridized carbons (Fsp3) is 0.156. The lowest BCUT2D eigenvalue weighted by atomic mass is 9.99. The van der Waals surface area contributed by atoms with Gasteiger partial charge in [-0.1, -0.05) is 24.3 Å². The van der Waals surface area contributed by atoms with E-state index in [9.17, 15) is 19.6 Å². The number of fused-ring (bicyclic) bond motifs is 1. The quantitative estimate of drug-likeness (QED) is 0.193. The molecule has 0 bridgehead atoms. The molecule has 43 heavy (non-hydrogen) atoms. The molecule has 214 valence electrons. The number of hydrogen-bond acceptors (Lipinski definition) is 6. The highest BCUT2D eigenvalue weighted by Gasteiger charge is 2.20. The van der Waals surface area contributed by atoms with Crippen molar-refractivity contribution < 1.29 is 28.2 Å². The predicted molar refractivity (Wildman–Crippen MR) is 153 cm³/mol. The van der Waals surface area contributed by atoms with Crippen LogP contribution in [-0.2, 0) is 24.3 Å². The lowest BCUT2D eigenvalue weighted by Crippen LogP contribution is -2.10. The molecule has 2 heterocycles. The van der Waals surface area contributed by atoms with Gasteiger partial charge in [-0.05, 0) is 42.0 Å². The van der Waals surface area contributed by atoms with Gasteiger partial charge in [-0.15, -0.1) is 0 Å². The molecule has 1 N–H and O–H groups in total. The van der Waals surface area contributed by atoms with Crippen LogP contribution in [-0.4, -0.2) is 39.3 Å². The third-order valence-corrected chi connectivity index (χ3v) is 6.82. The van der Waals surface area contributed by atoms with Gasteiger partial charge in [0.05, 0.1) is 41.0 Å². The molecule has 0 atom stereocenters. The topological polar surface area (TPSA) is 115 Å². The van der Waals surface area contributed by atoms with Crippen LogP contribution in [0.5, 0.6) is 5.88 Å². The Morgan fingerprint density at radius 2 is 1.91 bits per heavy atom. The number of ether oxygens (including phenoxy) is 2. The van der Waals surface area contributed by atoms with Gasteiger partial charge >= 0.3 is 5.97 Å². The minimum Gasteiger partial charge on any atom is -0.478 e. The van der Waals surface area contributed by atoms with Gasteiger partial charge in [-0.2, -0.15) is 5.26 Å². The Bertz CT molecular complexity index is 1940. The Morgan fingerprint density at radius 3 is 2.63 bits per heavy atom. The standard InChI is InChI=1S/C32H23F2N5O4/c1-36-22-9-6-21(25(33)16-22)18-43-30-5-3-4-26(38-30)23-10-7-19(24(17-35)31(23)34)15-29-37-27-11-8-20(32(40)41)14-28(27)39(29)12-13-42-2/h3-11,14,16H,12-13,15,18H2,2H3,(H,40,41). The highest BCUT2D eigenvalue weighted by molar-refractivity contribution is 5.92. The van der Waals surface area contributed by atoms with Crippen LogP contribution in [0, 0.1) is 29.5 Å². The Kier molecular flexibility index (Phi) is 8.37. The summed E-state index contributed by atoms with van der Waals surface area (Å²) in [7, 11) is 1.55. The number of aromatic carboxylic acids is 1. The summed E-state index contributed by atoms with van der Waals surface area (Å²) in [6.45, 7) is 7.54. The zero-order chi connectivity index (χ0) is 30.5. The zero-order valence-corrected chi connectivity index (χ0v) is 22.8. The van der Waals surface area contributed by atoms with Crippen LogP contribution < -0.4 is 4.74 Å². The van der Waals surface area contributed by atoms with E-state index < -0.39 is 17.6 Å². The SMILES string of the molecule is [C-]#[N+]c1ccc(COc2cccc(-c3ccc(Cc4nc5ccc(C(=O)O)cc5n4CCOC)c(C#N)c3F)n2)c(F)c1. The third-order valence-electron chi connectivity index (χ3n) is 6.82. The number of hydrogen-bond donors (Lipinski definition) is 1. The molecule has 0 unspecified atom stereocenters. The summed E-state index contributed by atoms with van der Waals surface area (Å²) >= 11 is 0. The fourth-order valence-electron chi connectivity index (χ4n) is 4.64. The lowest BCUT2D eigenvalue weighted by Gasteiger charge is -2.12. The molecular formula is C32H23F2N5O4. The first-order valence-corrected chi connectivity index (χ1v) is 13.0. The highest BCUT2D eigenvalue weighted by atomic mass is 19.1. The Labute approximate surface area is 245 Å². The number of pyridine rings is 1. The van der Waals surface area contributed by atoms with Crippen molar-refractivity contribution in [1.82, 2.24) is 14.5 Å². The highest BCUT2D eigenvalue weighted by Crippen LogP contribution is 2.29. The molecule has 3 aromatic carbocycles. The summed E-state index contributed by atoms with van der Waals surface area (Å²) in [4.78, 5) is 23.7. The number of benzene rings is 3. The largest absolute Gasteiger partial charge is 0.478 e. The predicted octanol–water partition coefficient (Wildman–Crippen LogP) is 6.31. The van der Waals surface area contributed by atoms with E-state index in [0.717, 1.165) is 6.07 Å². The molecule has 0 fully saturated rings. The minimum atomic E-state index is -1.07. The van der Waals surface area contributed by atoms with Gasteiger partial charge in [0.15, 0.2) is 11.5 Å². The van der Waals surface area contributed by atoms with E-state index >= 15 is 4.39 Å². The van der Waals surface area contributed by atoms with Crippen molar-refractivity contribution in [2.24, 2.45) is 0 Å². The van der Waals surface area contributed by atoms with Gasteiger partial charge in [0.1, 0.15) is 24.3 Å². The summed E-state index contributed by atoms with van der Waals surface area (Å²) in [6, 6.07) is 18.5. The van der Waals surface area contributed by atoms with Crippen molar-refractivity contribution >= 4 is 22.7 Å². The minimum absolute atomic E-state index is 0.0809. The molecule has 0 aliphatic carbocycles. The average Bonchev–Trinajstić information content (AvgIpc) is 3.35. The first-order chi connectivity index (χ1) is 20.8. The van der Waals surface area contributed by atoms with Gasteiger partial charge in [0, 0.05) is 37.3 Å². The summed E-state index contributed by atoms with van der Waals surface area (Å²) < 4.78 is 42.7. The molecule has 0 spiro atoms. The Hall–Kier alpha value is -5.65. The molecule has 0 aliphatic heterocycles. The smallest absolute Gasteiger partial charge is 0.335 e. The molecule has 11 heteroatoms. The van der Waals surface area contributed by atoms with Crippen molar-refractivity contribution in [3.05, 3.63) is 118 Å². The number of rotatable bonds is 10. The van der Waals surface area contributed by atoms with Crippen LogP contribution >= 0.6 is 0 Å². The summed E-state index contributed by atoms with van der Waals surface area (Å²) in [5.41, 5.74) is 2.18. The van der Waals surface area contributed by atoms with Crippen LogP contribution in [0.4, 0.5) is 14.5 Å². The zero-order valence-electron chi connectivity index (χ0n) is 22.8. The van der Waals surface area contributed by atoms with E-state index in [1.54, 1.807) is 42.0 Å². The van der Waals surface area contributed by atoms with E-state index in [1.807, 2.05) is 6.07 Å². The lowest BCUT2D eigenvalue weighted by molar-refractivity contribution is 0.0697. The number of carboxylic acids is 1. The van der Waals surface area contributed by atoms with E-state index in [4.69, 9.17) is 16.0 Å². The number of carbonyl (C=O) groups is 1. The second kappa shape index (κ2) is 12.5. The number of halogens is 2. The van der Waals surface area contributed by atoms with Crippen molar-refractivity contribution in [3.8, 4) is 23.2 Å². The Morgan fingerprint density at radius 1 is 1.09 bits per heavy atom. The first-order valence-electron chi connectivity index (χ1n) is 13.0. The average molecular weight is 580 g/mol. The number of aromatic nitrogens is 3. The van der Waals surface area contributed by atoms with Crippen LogP contribution in [0.2, 0.25) is 0 Å². The van der Waals surface area contributed by atoms with Crippen LogP contribution in [0.25, 0.3) is 27.1 Å². The third kappa shape index (κ3) is 6.03. The van der Waals surface area contributed by atoms with Crippen LogP contribution in [0.1, 0.15) is 32.9 Å². The summed E-state index contributed by atoms with van der Waals surface area (Å²) in [5, 5.41) is 19.4. The van der Waals surface area contributed by atoms with Crippen molar-refractivity contribution in [1.29, 1.82) is 5.26 Å². The molecule has 2 aromatic heterocycles. The van der Waals surface area contributed by atoms with Gasteiger partial charge in [0.25, 0.3) is 0 Å². The second-order valence-electron chi connectivity index (χ2n) is 9.47. The maximum atomic E-state index is 15.8.